The first-order valence-electron chi connectivity index (χ1n) is 6.19. The summed E-state index contributed by atoms with van der Waals surface area (Å²) in [5.74, 6) is 0.769. The molecular weight excluding hydrogens is 234 g/mol. The molecule has 0 aliphatic carbocycles. The molecule has 3 heteroatoms. The SMILES string of the molecule is CCC(C)NCC(C)Oc1cc(C)ccc1Cl. The molecule has 0 saturated heterocycles. The molecule has 0 bridgehead atoms. The van der Waals surface area contributed by atoms with E-state index in [0.717, 1.165) is 24.3 Å². The Kier molecular flexibility index (Phi) is 5.79. The largest absolute Gasteiger partial charge is 0.488 e. The number of hydrogen-bond donors (Lipinski definition) is 1. The number of aryl methyl sites for hydroxylation is 1. The van der Waals surface area contributed by atoms with E-state index in [-0.39, 0.29) is 6.10 Å². The molecule has 96 valence electrons. The first kappa shape index (κ1) is 14.3. The third kappa shape index (κ3) is 4.97. The van der Waals surface area contributed by atoms with Gasteiger partial charge in [-0.15, -0.1) is 0 Å². The van der Waals surface area contributed by atoms with Gasteiger partial charge in [-0.1, -0.05) is 24.6 Å². The van der Waals surface area contributed by atoms with Gasteiger partial charge in [-0.2, -0.15) is 0 Å². The maximum atomic E-state index is 6.08. The number of rotatable bonds is 6. The maximum absolute atomic E-state index is 6.08. The molecule has 1 aromatic carbocycles. The van der Waals surface area contributed by atoms with Crippen LogP contribution in [-0.4, -0.2) is 18.7 Å². The molecule has 2 atom stereocenters. The molecule has 0 aliphatic heterocycles. The number of halogens is 1. The van der Waals surface area contributed by atoms with Gasteiger partial charge in [-0.25, -0.2) is 0 Å². The molecule has 1 rings (SSSR count). The van der Waals surface area contributed by atoms with Crippen LogP contribution in [0, 0.1) is 6.92 Å². The van der Waals surface area contributed by atoms with E-state index in [2.05, 4.69) is 19.2 Å². The Labute approximate surface area is 109 Å². The quantitative estimate of drug-likeness (QED) is 0.835. The fourth-order valence-corrected chi connectivity index (χ4v) is 1.63. The van der Waals surface area contributed by atoms with E-state index in [0.29, 0.717) is 11.1 Å². The monoisotopic (exact) mass is 255 g/mol. The van der Waals surface area contributed by atoms with Crippen LogP contribution in [0.15, 0.2) is 18.2 Å². The third-order valence-corrected chi connectivity index (χ3v) is 3.09. The van der Waals surface area contributed by atoms with Crippen LogP contribution in [0.5, 0.6) is 5.75 Å². The molecular formula is C14H22ClNO. The highest BCUT2D eigenvalue weighted by molar-refractivity contribution is 6.32. The van der Waals surface area contributed by atoms with Gasteiger partial charge < -0.3 is 10.1 Å². The highest BCUT2D eigenvalue weighted by Gasteiger charge is 2.08. The summed E-state index contributed by atoms with van der Waals surface area (Å²) in [5.41, 5.74) is 1.16. The summed E-state index contributed by atoms with van der Waals surface area (Å²) >= 11 is 6.08. The van der Waals surface area contributed by atoms with E-state index in [1.54, 1.807) is 0 Å². The standard InChI is InChI=1S/C14H22ClNO/c1-5-11(3)16-9-12(4)17-14-8-10(2)6-7-13(14)15/h6-8,11-12,16H,5,9H2,1-4H3. The van der Waals surface area contributed by atoms with Gasteiger partial charge in [0.15, 0.2) is 0 Å². The molecule has 0 spiro atoms. The second-order valence-electron chi connectivity index (χ2n) is 4.58. The predicted octanol–water partition coefficient (Wildman–Crippen LogP) is 3.80. The zero-order valence-corrected chi connectivity index (χ0v) is 11.8. The normalized spacial score (nSPS) is 14.4. The summed E-state index contributed by atoms with van der Waals surface area (Å²) in [4.78, 5) is 0. The van der Waals surface area contributed by atoms with E-state index in [1.165, 1.54) is 0 Å². The number of nitrogens with one attached hydrogen (secondary N) is 1. The molecule has 0 heterocycles. The second kappa shape index (κ2) is 6.87. The Balaban J connectivity index is 2.50. The lowest BCUT2D eigenvalue weighted by Gasteiger charge is -2.19. The van der Waals surface area contributed by atoms with Crippen molar-refractivity contribution in [1.29, 1.82) is 0 Å². The Bertz CT molecular complexity index is 354. The van der Waals surface area contributed by atoms with Crippen LogP contribution in [0.1, 0.15) is 32.8 Å². The van der Waals surface area contributed by atoms with Crippen LogP contribution in [0.4, 0.5) is 0 Å². The van der Waals surface area contributed by atoms with Gasteiger partial charge in [-0.05, 0) is 44.9 Å². The van der Waals surface area contributed by atoms with Crippen LogP contribution in [0.2, 0.25) is 5.02 Å². The first-order chi connectivity index (χ1) is 8.02. The minimum absolute atomic E-state index is 0.114. The van der Waals surface area contributed by atoms with E-state index in [4.69, 9.17) is 16.3 Å². The highest BCUT2D eigenvalue weighted by Crippen LogP contribution is 2.26. The summed E-state index contributed by atoms with van der Waals surface area (Å²) in [6.45, 7) is 9.26. The van der Waals surface area contributed by atoms with Crippen LogP contribution in [0.3, 0.4) is 0 Å². The van der Waals surface area contributed by atoms with Gasteiger partial charge in [0.2, 0.25) is 0 Å². The summed E-state index contributed by atoms with van der Waals surface area (Å²) in [6.07, 6.45) is 1.24. The van der Waals surface area contributed by atoms with Crippen molar-refractivity contribution in [3.05, 3.63) is 28.8 Å². The van der Waals surface area contributed by atoms with Crippen LogP contribution in [-0.2, 0) is 0 Å². The number of hydrogen-bond acceptors (Lipinski definition) is 2. The molecule has 2 nitrogen and oxygen atoms in total. The van der Waals surface area contributed by atoms with Gasteiger partial charge in [0.25, 0.3) is 0 Å². The second-order valence-corrected chi connectivity index (χ2v) is 4.99. The molecule has 2 unspecified atom stereocenters. The highest BCUT2D eigenvalue weighted by atomic mass is 35.5. The lowest BCUT2D eigenvalue weighted by Crippen LogP contribution is -2.34. The molecule has 0 saturated carbocycles. The van der Waals surface area contributed by atoms with Crippen molar-refractivity contribution in [1.82, 2.24) is 5.32 Å². The smallest absolute Gasteiger partial charge is 0.138 e. The van der Waals surface area contributed by atoms with E-state index < -0.39 is 0 Å². The average molecular weight is 256 g/mol. The fraction of sp³-hybridized carbons (Fsp3) is 0.571. The number of ether oxygens (including phenoxy) is 1. The van der Waals surface area contributed by atoms with Crippen molar-refractivity contribution >= 4 is 11.6 Å². The summed E-state index contributed by atoms with van der Waals surface area (Å²) < 4.78 is 5.83. The van der Waals surface area contributed by atoms with Crippen molar-refractivity contribution in [3.63, 3.8) is 0 Å². The minimum atomic E-state index is 0.114. The zero-order valence-electron chi connectivity index (χ0n) is 11.1. The van der Waals surface area contributed by atoms with Crippen molar-refractivity contribution < 1.29 is 4.74 Å². The van der Waals surface area contributed by atoms with E-state index >= 15 is 0 Å². The van der Waals surface area contributed by atoms with Crippen molar-refractivity contribution in [2.45, 2.75) is 46.3 Å². The van der Waals surface area contributed by atoms with Gasteiger partial charge >= 0.3 is 0 Å². The molecule has 1 aromatic rings. The molecule has 0 amide bonds. The van der Waals surface area contributed by atoms with Crippen LogP contribution in [0.25, 0.3) is 0 Å². The van der Waals surface area contributed by atoms with Crippen molar-refractivity contribution in [2.24, 2.45) is 0 Å². The third-order valence-electron chi connectivity index (χ3n) is 2.78. The Hall–Kier alpha value is -0.730. The molecule has 17 heavy (non-hydrogen) atoms. The first-order valence-corrected chi connectivity index (χ1v) is 6.57. The van der Waals surface area contributed by atoms with E-state index in [9.17, 15) is 0 Å². The Morgan fingerprint density at radius 1 is 1.35 bits per heavy atom. The predicted molar refractivity (Wildman–Crippen MR) is 74.0 cm³/mol. The van der Waals surface area contributed by atoms with E-state index in [1.807, 2.05) is 32.0 Å². The van der Waals surface area contributed by atoms with Crippen LogP contribution < -0.4 is 10.1 Å². The fourth-order valence-electron chi connectivity index (χ4n) is 1.47. The van der Waals surface area contributed by atoms with Crippen molar-refractivity contribution in [3.8, 4) is 5.75 Å². The molecule has 0 aromatic heterocycles. The molecule has 0 radical (unpaired) electrons. The Morgan fingerprint density at radius 2 is 2.06 bits per heavy atom. The van der Waals surface area contributed by atoms with Gasteiger partial charge in [0.05, 0.1) is 5.02 Å². The summed E-state index contributed by atoms with van der Waals surface area (Å²) in [5, 5.41) is 4.09. The summed E-state index contributed by atoms with van der Waals surface area (Å²) in [6, 6.07) is 6.36. The molecule has 0 aliphatic rings. The zero-order chi connectivity index (χ0) is 12.8. The topological polar surface area (TPSA) is 21.3 Å². The lowest BCUT2D eigenvalue weighted by molar-refractivity contribution is 0.212. The molecule has 1 N–H and O–H groups in total. The van der Waals surface area contributed by atoms with Crippen molar-refractivity contribution in [2.75, 3.05) is 6.54 Å². The molecule has 0 fully saturated rings. The Morgan fingerprint density at radius 3 is 2.71 bits per heavy atom. The summed E-state index contributed by atoms with van der Waals surface area (Å²) in [7, 11) is 0. The lowest BCUT2D eigenvalue weighted by atomic mass is 10.2. The average Bonchev–Trinajstić information content (AvgIpc) is 2.30. The number of benzene rings is 1. The van der Waals surface area contributed by atoms with Crippen LogP contribution >= 0.6 is 11.6 Å². The minimum Gasteiger partial charge on any atom is -0.488 e. The van der Waals surface area contributed by atoms with Gasteiger partial charge in [0, 0.05) is 12.6 Å². The van der Waals surface area contributed by atoms with Gasteiger partial charge in [-0.3, -0.25) is 0 Å². The van der Waals surface area contributed by atoms with Gasteiger partial charge in [0.1, 0.15) is 11.9 Å². The maximum Gasteiger partial charge on any atom is 0.138 e.